The summed E-state index contributed by atoms with van der Waals surface area (Å²) in [5, 5.41) is 18.6. The molecule has 0 radical (unpaired) electrons. The van der Waals surface area contributed by atoms with Gasteiger partial charge in [0.1, 0.15) is 5.56 Å². The lowest BCUT2D eigenvalue weighted by Crippen LogP contribution is -2.21. The number of aromatic nitrogens is 2. The van der Waals surface area contributed by atoms with Crippen LogP contribution in [0.2, 0.25) is 0 Å². The predicted octanol–water partition coefficient (Wildman–Crippen LogP) is 3.27. The fraction of sp³-hybridized carbons (Fsp3) is 0.0556. The summed E-state index contributed by atoms with van der Waals surface area (Å²) in [6.07, 6.45) is 1.40. The first-order chi connectivity index (χ1) is 12.1. The Labute approximate surface area is 143 Å². The highest BCUT2D eigenvalue weighted by Gasteiger charge is 2.17. The average molecular weight is 336 g/mol. The lowest BCUT2D eigenvalue weighted by Gasteiger charge is -2.06. The summed E-state index contributed by atoms with van der Waals surface area (Å²) < 4.78 is 1.48. The Balaban J connectivity index is 1.75. The van der Waals surface area contributed by atoms with Crippen LogP contribution in [0.3, 0.4) is 0 Å². The molecule has 25 heavy (non-hydrogen) atoms. The van der Waals surface area contributed by atoms with Crippen LogP contribution in [0.5, 0.6) is 0 Å². The summed E-state index contributed by atoms with van der Waals surface area (Å²) in [5.74, 6) is -1.16. The van der Waals surface area contributed by atoms with E-state index in [1.54, 1.807) is 24.3 Å². The summed E-state index contributed by atoms with van der Waals surface area (Å²) in [7, 11) is 0. The zero-order valence-electron chi connectivity index (χ0n) is 13.2. The Morgan fingerprint density at radius 1 is 0.960 bits per heavy atom. The fourth-order valence-electron chi connectivity index (χ4n) is 2.31. The first kappa shape index (κ1) is 16.3. The standard InChI is InChI=1S/C18H16N4O3/c23-17(24)15-12-22(11-13-7-3-1-4-8-13)21-16(15)20-18(25)19-14-9-5-2-6-10-14/h1-10,12H,11H2,(H,23,24)(H2,19,20,21,25). The van der Waals surface area contributed by atoms with Crippen molar-refractivity contribution in [2.24, 2.45) is 0 Å². The van der Waals surface area contributed by atoms with Crippen molar-refractivity contribution in [1.29, 1.82) is 0 Å². The van der Waals surface area contributed by atoms with Gasteiger partial charge in [-0.1, -0.05) is 48.5 Å². The van der Waals surface area contributed by atoms with Crippen LogP contribution in [0.15, 0.2) is 66.9 Å². The number of amides is 2. The highest BCUT2D eigenvalue weighted by molar-refractivity contribution is 6.03. The van der Waals surface area contributed by atoms with Crippen molar-refractivity contribution in [3.8, 4) is 0 Å². The quantitative estimate of drug-likeness (QED) is 0.666. The monoisotopic (exact) mass is 336 g/mol. The van der Waals surface area contributed by atoms with Gasteiger partial charge in [0.2, 0.25) is 0 Å². The summed E-state index contributed by atoms with van der Waals surface area (Å²) >= 11 is 0. The Kier molecular flexibility index (Phi) is 4.75. The molecule has 0 aliphatic carbocycles. The zero-order valence-corrected chi connectivity index (χ0v) is 13.2. The van der Waals surface area contributed by atoms with Gasteiger partial charge in [-0.2, -0.15) is 5.10 Å². The molecule has 0 aliphatic rings. The molecule has 7 heteroatoms. The number of carbonyl (C=O) groups excluding carboxylic acids is 1. The molecular weight excluding hydrogens is 320 g/mol. The van der Waals surface area contributed by atoms with Crippen LogP contribution in [0.4, 0.5) is 16.3 Å². The van der Waals surface area contributed by atoms with Crippen LogP contribution in [0, 0.1) is 0 Å². The molecule has 126 valence electrons. The second-order valence-electron chi connectivity index (χ2n) is 5.32. The summed E-state index contributed by atoms with van der Waals surface area (Å²) in [6.45, 7) is 0.406. The minimum absolute atomic E-state index is 0.00291. The van der Waals surface area contributed by atoms with Gasteiger partial charge >= 0.3 is 12.0 Å². The van der Waals surface area contributed by atoms with Gasteiger partial charge in [-0.3, -0.25) is 10.00 Å². The molecule has 7 nitrogen and oxygen atoms in total. The van der Waals surface area contributed by atoms with Gasteiger partial charge in [0.15, 0.2) is 5.82 Å². The largest absolute Gasteiger partial charge is 0.477 e. The molecule has 0 spiro atoms. The lowest BCUT2D eigenvalue weighted by molar-refractivity contribution is 0.0698. The van der Waals surface area contributed by atoms with Crippen molar-refractivity contribution in [2.45, 2.75) is 6.54 Å². The Morgan fingerprint density at radius 3 is 2.24 bits per heavy atom. The normalized spacial score (nSPS) is 10.2. The number of rotatable bonds is 5. The molecule has 1 aromatic heterocycles. The van der Waals surface area contributed by atoms with Crippen LogP contribution < -0.4 is 10.6 Å². The average Bonchev–Trinajstić information content (AvgIpc) is 2.99. The Morgan fingerprint density at radius 2 is 1.60 bits per heavy atom. The molecular formula is C18H16N4O3. The number of nitrogens with one attached hydrogen (secondary N) is 2. The summed E-state index contributed by atoms with van der Waals surface area (Å²) in [4.78, 5) is 23.5. The molecule has 0 bridgehead atoms. The molecule has 2 aromatic carbocycles. The fourth-order valence-corrected chi connectivity index (χ4v) is 2.31. The maximum atomic E-state index is 12.1. The molecule has 0 saturated heterocycles. The molecule has 3 aromatic rings. The van der Waals surface area contributed by atoms with Crippen molar-refractivity contribution in [3.05, 3.63) is 78.0 Å². The molecule has 0 fully saturated rings. The highest BCUT2D eigenvalue weighted by Crippen LogP contribution is 2.15. The number of para-hydroxylation sites is 1. The molecule has 1 heterocycles. The number of hydrogen-bond donors (Lipinski definition) is 3. The first-order valence-corrected chi connectivity index (χ1v) is 7.59. The first-order valence-electron chi connectivity index (χ1n) is 7.59. The van der Waals surface area contributed by atoms with Crippen LogP contribution in [0.25, 0.3) is 0 Å². The van der Waals surface area contributed by atoms with Gasteiger partial charge in [0, 0.05) is 11.9 Å². The maximum Gasteiger partial charge on any atom is 0.341 e. The van der Waals surface area contributed by atoms with Crippen LogP contribution in [0.1, 0.15) is 15.9 Å². The molecule has 0 unspecified atom stereocenters. The van der Waals surface area contributed by atoms with E-state index in [4.69, 9.17) is 0 Å². The predicted molar refractivity (Wildman–Crippen MR) is 93.8 cm³/mol. The lowest BCUT2D eigenvalue weighted by atomic mass is 10.2. The molecule has 3 N–H and O–H groups in total. The molecule has 0 aliphatic heterocycles. The van der Waals surface area contributed by atoms with Crippen molar-refractivity contribution in [3.63, 3.8) is 0 Å². The van der Waals surface area contributed by atoms with Gasteiger partial charge in [-0.05, 0) is 17.7 Å². The van der Waals surface area contributed by atoms with Gasteiger partial charge in [-0.25, -0.2) is 9.59 Å². The van der Waals surface area contributed by atoms with E-state index < -0.39 is 12.0 Å². The summed E-state index contributed by atoms with van der Waals surface area (Å²) in [5.41, 5.74) is 1.50. The van der Waals surface area contributed by atoms with E-state index in [1.807, 2.05) is 36.4 Å². The third kappa shape index (κ3) is 4.23. The minimum Gasteiger partial charge on any atom is -0.477 e. The van der Waals surface area contributed by atoms with Gasteiger partial charge in [0.25, 0.3) is 0 Å². The van der Waals surface area contributed by atoms with Gasteiger partial charge in [0.05, 0.1) is 6.54 Å². The van der Waals surface area contributed by atoms with E-state index in [1.165, 1.54) is 10.9 Å². The second kappa shape index (κ2) is 7.31. The van der Waals surface area contributed by atoms with Crippen molar-refractivity contribution in [2.75, 3.05) is 10.6 Å². The number of anilines is 2. The number of nitrogens with zero attached hydrogens (tertiary/aromatic N) is 2. The number of carboxylic acid groups (broad SMARTS) is 1. The van der Waals surface area contributed by atoms with Crippen molar-refractivity contribution in [1.82, 2.24) is 9.78 Å². The van der Waals surface area contributed by atoms with Crippen LogP contribution in [-0.4, -0.2) is 26.9 Å². The topological polar surface area (TPSA) is 96.3 Å². The van der Waals surface area contributed by atoms with E-state index in [0.717, 1.165) is 5.56 Å². The Bertz CT molecular complexity index is 876. The third-order valence-electron chi connectivity index (χ3n) is 3.44. The number of carboxylic acids is 1. The maximum absolute atomic E-state index is 12.1. The molecule has 2 amide bonds. The Hall–Kier alpha value is -3.61. The highest BCUT2D eigenvalue weighted by atomic mass is 16.4. The molecule has 0 atom stereocenters. The van der Waals surface area contributed by atoms with Crippen molar-refractivity contribution < 1.29 is 14.7 Å². The molecule has 3 rings (SSSR count). The zero-order chi connectivity index (χ0) is 17.6. The number of benzene rings is 2. The number of aromatic carboxylic acids is 1. The minimum atomic E-state index is -1.16. The van der Waals surface area contributed by atoms with Crippen molar-refractivity contribution >= 4 is 23.5 Å². The smallest absolute Gasteiger partial charge is 0.341 e. The van der Waals surface area contributed by atoms with E-state index >= 15 is 0 Å². The van der Waals surface area contributed by atoms with Crippen LogP contribution >= 0.6 is 0 Å². The third-order valence-corrected chi connectivity index (χ3v) is 3.44. The number of carbonyl (C=O) groups is 2. The van der Waals surface area contributed by atoms with E-state index in [-0.39, 0.29) is 11.4 Å². The summed E-state index contributed by atoms with van der Waals surface area (Å²) in [6, 6.07) is 17.8. The second-order valence-corrected chi connectivity index (χ2v) is 5.32. The van der Waals surface area contributed by atoms with E-state index in [0.29, 0.717) is 12.2 Å². The van der Waals surface area contributed by atoms with Crippen LogP contribution in [-0.2, 0) is 6.54 Å². The number of urea groups is 1. The van der Waals surface area contributed by atoms with E-state index in [2.05, 4.69) is 15.7 Å². The molecule has 0 saturated carbocycles. The van der Waals surface area contributed by atoms with E-state index in [9.17, 15) is 14.7 Å². The van der Waals surface area contributed by atoms with Gasteiger partial charge < -0.3 is 10.4 Å². The SMILES string of the molecule is O=C(Nc1ccccc1)Nc1nn(Cc2ccccc2)cc1C(=O)O. The van der Waals surface area contributed by atoms with Gasteiger partial charge in [-0.15, -0.1) is 0 Å². The number of hydrogen-bond acceptors (Lipinski definition) is 3.